The highest BCUT2D eigenvalue weighted by atomic mass is 79.9. The molecule has 0 N–H and O–H groups in total. The van der Waals surface area contributed by atoms with E-state index >= 15 is 0 Å². The maximum atomic E-state index is 12.9. The minimum atomic E-state index is -4.58. The number of nitro benzene ring substituents is 1. The molecule has 0 aliphatic heterocycles. The average Bonchev–Trinajstić information content (AvgIpc) is 2.33. The summed E-state index contributed by atoms with van der Waals surface area (Å²) in [5.74, 6) is 0. The van der Waals surface area contributed by atoms with E-state index in [1.54, 1.807) is 0 Å². The second kappa shape index (κ2) is 6.61. The fourth-order valence-electron chi connectivity index (χ4n) is 1.69. The van der Waals surface area contributed by atoms with Crippen molar-refractivity contribution in [3.05, 3.63) is 32.3 Å². The first-order chi connectivity index (χ1) is 9.54. The molecular weight excluding hydrogens is 355 g/mol. The van der Waals surface area contributed by atoms with E-state index in [2.05, 4.69) is 15.9 Å². The lowest BCUT2D eigenvalue weighted by Gasteiger charge is -2.22. The maximum absolute atomic E-state index is 12.9. The highest BCUT2D eigenvalue weighted by molar-refractivity contribution is 9.10. The SMILES string of the molecule is CN(C)CCN(C)c1cc(C(F)(F)F)c(Br)cc1[N+](=O)[O-]. The number of nitro groups is 1. The molecule has 0 aromatic heterocycles. The topological polar surface area (TPSA) is 49.6 Å². The molecule has 0 aliphatic carbocycles. The molecule has 0 radical (unpaired) electrons. The first-order valence-electron chi connectivity index (χ1n) is 5.95. The summed E-state index contributed by atoms with van der Waals surface area (Å²) < 4.78 is 38.4. The Kier molecular flexibility index (Phi) is 5.57. The van der Waals surface area contributed by atoms with Gasteiger partial charge in [-0.2, -0.15) is 13.2 Å². The van der Waals surface area contributed by atoms with Crippen molar-refractivity contribution in [1.82, 2.24) is 4.90 Å². The van der Waals surface area contributed by atoms with Crippen molar-refractivity contribution in [3.63, 3.8) is 0 Å². The molecule has 0 spiro atoms. The van der Waals surface area contributed by atoms with Crippen molar-refractivity contribution < 1.29 is 18.1 Å². The van der Waals surface area contributed by atoms with Gasteiger partial charge < -0.3 is 9.80 Å². The minimum absolute atomic E-state index is 0.0580. The summed E-state index contributed by atoms with van der Waals surface area (Å²) >= 11 is 2.75. The van der Waals surface area contributed by atoms with Crippen molar-refractivity contribution in [2.45, 2.75) is 6.18 Å². The molecule has 0 bridgehead atoms. The van der Waals surface area contributed by atoms with Gasteiger partial charge in [0, 0.05) is 30.7 Å². The summed E-state index contributed by atoms with van der Waals surface area (Å²) in [6.45, 7) is 0.928. The number of hydrogen-bond acceptors (Lipinski definition) is 4. The van der Waals surface area contributed by atoms with Crippen LogP contribution >= 0.6 is 15.9 Å². The molecule has 0 unspecified atom stereocenters. The number of benzene rings is 1. The molecule has 1 aromatic rings. The molecule has 0 saturated heterocycles. The summed E-state index contributed by atoms with van der Waals surface area (Å²) in [6.07, 6.45) is -4.58. The molecule has 0 aliphatic rings. The van der Waals surface area contributed by atoms with E-state index in [-0.39, 0.29) is 15.8 Å². The largest absolute Gasteiger partial charge is 0.417 e. The predicted octanol–water partition coefficient (Wildman–Crippen LogP) is 3.37. The molecule has 1 rings (SSSR count). The predicted molar refractivity (Wildman–Crippen MR) is 77.6 cm³/mol. The van der Waals surface area contributed by atoms with E-state index < -0.39 is 16.7 Å². The first-order valence-corrected chi connectivity index (χ1v) is 6.74. The summed E-state index contributed by atoms with van der Waals surface area (Å²) in [7, 11) is 5.15. The van der Waals surface area contributed by atoms with E-state index in [1.165, 1.54) is 11.9 Å². The van der Waals surface area contributed by atoms with Crippen LogP contribution in [0.2, 0.25) is 0 Å². The summed E-state index contributed by atoms with van der Waals surface area (Å²) in [6, 6.07) is 1.70. The van der Waals surface area contributed by atoms with E-state index in [0.29, 0.717) is 13.1 Å². The Morgan fingerprint density at radius 1 is 1.24 bits per heavy atom. The molecule has 1 aromatic carbocycles. The Morgan fingerprint density at radius 2 is 1.81 bits per heavy atom. The monoisotopic (exact) mass is 369 g/mol. The normalized spacial score (nSPS) is 11.8. The van der Waals surface area contributed by atoms with Crippen LogP contribution in [0, 0.1) is 10.1 Å². The molecule has 0 atom stereocenters. The first kappa shape index (κ1) is 17.7. The van der Waals surface area contributed by atoms with Gasteiger partial charge in [-0.3, -0.25) is 10.1 Å². The molecule has 5 nitrogen and oxygen atoms in total. The lowest BCUT2D eigenvalue weighted by Crippen LogP contribution is -2.29. The zero-order chi connectivity index (χ0) is 16.4. The Hall–Kier alpha value is -1.35. The quantitative estimate of drug-likeness (QED) is 0.589. The molecular formula is C12H15BrF3N3O2. The smallest absolute Gasteiger partial charge is 0.368 e. The number of anilines is 1. The molecule has 0 fully saturated rings. The van der Waals surface area contributed by atoms with Crippen molar-refractivity contribution >= 4 is 27.3 Å². The van der Waals surface area contributed by atoms with Crippen molar-refractivity contribution in [1.29, 1.82) is 0 Å². The standard InChI is InChI=1S/C12H15BrF3N3O2/c1-17(2)4-5-18(3)10-6-8(12(14,15)16)9(13)7-11(10)19(20)21/h6-7H,4-5H2,1-3H3. The van der Waals surface area contributed by atoms with Crippen LogP contribution in [-0.4, -0.2) is 44.1 Å². The zero-order valence-corrected chi connectivity index (χ0v) is 13.3. The third kappa shape index (κ3) is 4.57. The van der Waals surface area contributed by atoms with Crippen LogP contribution in [0.5, 0.6) is 0 Å². The highest BCUT2D eigenvalue weighted by Crippen LogP contribution is 2.41. The lowest BCUT2D eigenvalue weighted by atomic mass is 10.1. The van der Waals surface area contributed by atoms with Gasteiger partial charge in [-0.05, 0) is 36.1 Å². The van der Waals surface area contributed by atoms with Crippen LogP contribution in [0.3, 0.4) is 0 Å². The molecule has 9 heteroatoms. The molecule has 0 saturated carbocycles. The lowest BCUT2D eigenvalue weighted by molar-refractivity contribution is -0.384. The van der Waals surface area contributed by atoms with Crippen molar-refractivity contribution in [3.8, 4) is 0 Å². The van der Waals surface area contributed by atoms with Crippen molar-refractivity contribution in [2.24, 2.45) is 0 Å². The third-order valence-corrected chi connectivity index (χ3v) is 3.52. The van der Waals surface area contributed by atoms with E-state index in [4.69, 9.17) is 0 Å². The Balaban J connectivity index is 3.29. The van der Waals surface area contributed by atoms with Crippen LogP contribution in [0.1, 0.15) is 5.56 Å². The Labute approximate surface area is 128 Å². The number of nitrogens with zero attached hydrogens (tertiary/aromatic N) is 3. The second-order valence-corrected chi connectivity index (χ2v) is 5.65. The number of alkyl halides is 3. The summed E-state index contributed by atoms with van der Waals surface area (Å²) in [5, 5.41) is 11.0. The molecule has 21 heavy (non-hydrogen) atoms. The zero-order valence-electron chi connectivity index (χ0n) is 11.7. The van der Waals surface area contributed by atoms with Crippen molar-refractivity contribution in [2.75, 3.05) is 39.1 Å². The van der Waals surface area contributed by atoms with Crippen LogP contribution < -0.4 is 4.90 Å². The number of halogens is 4. The number of rotatable bonds is 5. The number of likely N-dealkylation sites (N-methyl/N-ethyl adjacent to an activating group) is 2. The summed E-state index contributed by atoms with van der Waals surface area (Å²) in [4.78, 5) is 13.6. The van der Waals surface area contributed by atoms with Crippen LogP contribution in [0.15, 0.2) is 16.6 Å². The van der Waals surface area contributed by atoms with Gasteiger partial charge in [0.15, 0.2) is 0 Å². The molecule has 118 valence electrons. The Morgan fingerprint density at radius 3 is 2.24 bits per heavy atom. The van der Waals surface area contributed by atoms with Gasteiger partial charge in [0.05, 0.1) is 10.5 Å². The second-order valence-electron chi connectivity index (χ2n) is 4.80. The van der Waals surface area contributed by atoms with E-state index in [1.807, 2.05) is 19.0 Å². The Bertz CT molecular complexity index is 535. The average molecular weight is 370 g/mol. The minimum Gasteiger partial charge on any atom is -0.368 e. The fraction of sp³-hybridized carbons (Fsp3) is 0.500. The van der Waals surface area contributed by atoms with E-state index in [9.17, 15) is 23.3 Å². The van der Waals surface area contributed by atoms with Gasteiger partial charge in [0.1, 0.15) is 5.69 Å². The van der Waals surface area contributed by atoms with Gasteiger partial charge in [0.2, 0.25) is 0 Å². The van der Waals surface area contributed by atoms with Gasteiger partial charge >= 0.3 is 6.18 Å². The van der Waals surface area contributed by atoms with Gasteiger partial charge in [-0.15, -0.1) is 0 Å². The van der Waals surface area contributed by atoms with Gasteiger partial charge in [-0.25, -0.2) is 0 Å². The maximum Gasteiger partial charge on any atom is 0.417 e. The van der Waals surface area contributed by atoms with E-state index in [0.717, 1.165) is 12.1 Å². The van der Waals surface area contributed by atoms with Crippen LogP contribution in [0.25, 0.3) is 0 Å². The summed E-state index contributed by atoms with van der Waals surface area (Å²) in [5.41, 5.74) is -1.35. The highest BCUT2D eigenvalue weighted by Gasteiger charge is 2.35. The third-order valence-electron chi connectivity index (χ3n) is 2.86. The molecule has 0 heterocycles. The van der Waals surface area contributed by atoms with Crippen LogP contribution in [-0.2, 0) is 6.18 Å². The number of hydrogen-bond donors (Lipinski definition) is 0. The molecule has 0 amide bonds. The van der Waals surface area contributed by atoms with Crippen LogP contribution in [0.4, 0.5) is 24.5 Å². The van der Waals surface area contributed by atoms with Gasteiger partial charge in [-0.1, -0.05) is 0 Å². The van der Waals surface area contributed by atoms with Gasteiger partial charge in [0.25, 0.3) is 5.69 Å². The fourth-order valence-corrected chi connectivity index (χ4v) is 2.25.